The fourth-order valence-electron chi connectivity index (χ4n) is 1.88. The number of carbonyl (C=O) groups is 1. The molecule has 0 aliphatic carbocycles. The number of benzene rings is 2. The number of carboxylic acid groups (broad SMARTS) is 1. The molecule has 0 amide bonds. The minimum Gasteiger partial charge on any atom is -0.508 e. The lowest BCUT2D eigenvalue weighted by atomic mass is 10.0. The van der Waals surface area contributed by atoms with Gasteiger partial charge in [0.25, 0.3) is 0 Å². The molecular weight excluding hydrogens is 272 g/mol. The van der Waals surface area contributed by atoms with E-state index in [1.54, 1.807) is 24.3 Å². The molecule has 0 unspecified atom stereocenters. The average molecular weight is 286 g/mol. The van der Waals surface area contributed by atoms with Crippen LogP contribution in [0.4, 0.5) is 0 Å². The highest BCUT2D eigenvalue weighted by Gasteiger charge is 2.15. The van der Waals surface area contributed by atoms with Crippen LogP contribution in [0.3, 0.4) is 0 Å². The molecule has 5 heteroatoms. The van der Waals surface area contributed by atoms with E-state index < -0.39 is 5.97 Å². The van der Waals surface area contributed by atoms with E-state index in [9.17, 15) is 20.1 Å². The largest absolute Gasteiger partial charge is 0.508 e. The number of phenolic OH excluding ortho intramolecular Hbond substituents is 1. The fourth-order valence-corrected chi connectivity index (χ4v) is 1.88. The zero-order valence-electron chi connectivity index (χ0n) is 11.3. The van der Waals surface area contributed by atoms with Crippen LogP contribution >= 0.6 is 0 Å². The zero-order valence-corrected chi connectivity index (χ0v) is 11.3. The number of rotatable bonds is 4. The molecule has 108 valence electrons. The van der Waals surface area contributed by atoms with E-state index in [4.69, 9.17) is 4.74 Å². The Labute approximate surface area is 121 Å². The van der Waals surface area contributed by atoms with Gasteiger partial charge in [-0.1, -0.05) is 24.3 Å². The van der Waals surface area contributed by atoms with E-state index in [2.05, 4.69) is 0 Å². The number of ether oxygens (including phenoxy) is 1. The SMILES string of the molecule is COc1cc(O)c(C(=O)O)c(C=Cc2ccc(O)cc2)c1. The molecular formula is C16H14O5. The molecule has 2 rings (SSSR count). The second kappa shape index (κ2) is 6.00. The monoisotopic (exact) mass is 286 g/mol. The van der Waals surface area contributed by atoms with Gasteiger partial charge in [0.1, 0.15) is 22.8 Å². The highest BCUT2D eigenvalue weighted by atomic mass is 16.5. The molecule has 0 saturated carbocycles. The summed E-state index contributed by atoms with van der Waals surface area (Å²) < 4.78 is 5.02. The van der Waals surface area contributed by atoms with Crippen LogP contribution in [0.1, 0.15) is 21.5 Å². The minimum absolute atomic E-state index is 0.150. The van der Waals surface area contributed by atoms with Crippen LogP contribution in [0.5, 0.6) is 17.2 Å². The number of aromatic carboxylic acids is 1. The van der Waals surface area contributed by atoms with Crippen molar-refractivity contribution in [1.82, 2.24) is 0 Å². The molecule has 0 bridgehead atoms. The molecule has 0 saturated heterocycles. The lowest BCUT2D eigenvalue weighted by Crippen LogP contribution is -2.01. The van der Waals surface area contributed by atoms with Crippen molar-refractivity contribution in [2.75, 3.05) is 7.11 Å². The van der Waals surface area contributed by atoms with Crippen LogP contribution in [0.2, 0.25) is 0 Å². The van der Waals surface area contributed by atoms with E-state index in [1.807, 2.05) is 0 Å². The minimum atomic E-state index is -1.22. The topological polar surface area (TPSA) is 87.0 Å². The molecule has 0 aliphatic rings. The summed E-state index contributed by atoms with van der Waals surface area (Å²) in [7, 11) is 1.43. The third-order valence-electron chi connectivity index (χ3n) is 2.92. The number of methoxy groups -OCH3 is 1. The Morgan fingerprint density at radius 3 is 2.33 bits per heavy atom. The lowest BCUT2D eigenvalue weighted by Gasteiger charge is -2.07. The van der Waals surface area contributed by atoms with Crippen molar-refractivity contribution in [2.24, 2.45) is 0 Å². The van der Waals surface area contributed by atoms with Gasteiger partial charge in [0.05, 0.1) is 7.11 Å². The molecule has 0 spiro atoms. The Bertz CT molecular complexity index is 687. The van der Waals surface area contributed by atoms with Gasteiger partial charge in [-0.15, -0.1) is 0 Å². The fraction of sp³-hybridized carbons (Fsp3) is 0.0625. The highest BCUT2D eigenvalue weighted by Crippen LogP contribution is 2.29. The van der Waals surface area contributed by atoms with E-state index in [-0.39, 0.29) is 17.1 Å². The van der Waals surface area contributed by atoms with Gasteiger partial charge in [0.15, 0.2) is 0 Å². The second-order valence-corrected chi connectivity index (χ2v) is 4.34. The highest BCUT2D eigenvalue weighted by molar-refractivity contribution is 5.96. The predicted octanol–water partition coefficient (Wildman–Crippen LogP) is 2.98. The van der Waals surface area contributed by atoms with E-state index in [0.717, 1.165) is 5.56 Å². The summed E-state index contributed by atoms with van der Waals surface area (Å²) in [5, 5.41) is 28.2. The molecule has 5 nitrogen and oxygen atoms in total. The summed E-state index contributed by atoms with van der Waals surface area (Å²) in [5.41, 5.74) is 0.921. The summed E-state index contributed by atoms with van der Waals surface area (Å²) in [6.07, 6.45) is 3.25. The molecule has 0 atom stereocenters. The smallest absolute Gasteiger partial charge is 0.340 e. The maximum Gasteiger partial charge on any atom is 0.340 e. The molecule has 2 aromatic carbocycles. The number of hydrogen-bond acceptors (Lipinski definition) is 4. The number of aromatic hydroxyl groups is 2. The molecule has 3 N–H and O–H groups in total. The first kappa shape index (κ1) is 14.5. The first-order valence-corrected chi connectivity index (χ1v) is 6.12. The number of hydrogen-bond donors (Lipinski definition) is 3. The Morgan fingerprint density at radius 1 is 1.10 bits per heavy atom. The summed E-state index contributed by atoms with van der Waals surface area (Å²) >= 11 is 0. The van der Waals surface area contributed by atoms with Gasteiger partial charge in [-0.05, 0) is 29.3 Å². The predicted molar refractivity (Wildman–Crippen MR) is 78.7 cm³/mol. The summed E-state index contributed by atoms with van der Waals surface area (Å²) in [6.45, 7) is 0. The maximum absolute atomic E-state index is 11.2. The van der Waals surface area contributed by atoms with E-state index in [1.165, 1.54) is 31.4 Å². The standard InChI is InChI=1S/C16H14O5/c1-21-13-8-11(15(16(19)20)14(18)9-13)5-2-10-3-6-12(17)7-4-10/h2-9,17-18H,1H3,(H,19,20). The van der Waals surface area contributed by atoms with Gasteiger partial charge < -0.3 is 20.1 Å². The number of phenols is 2. The quantitative estimate of drug-likeness (QED) is 0.752. The van der Waals surface area contributed by atoms with Crippen LogP contribution < -0.4 is 4.74 Å². The van der Waals surface area contributed by atoms with E-state index in [0.29, 0.717) is 11.3 Å². The maximum atomic E-state index is 11.2. The van der Waals surface area contributed by atoms with Crippen molar-refractivity contribution < 1.29 is 24.9 Å². The Hall–Kier alpha value is -2.95. The Balaban J connectivity index is 2.44. The lowest BCUT2D eigenvalue weighted by molar-refractivity contribution is 0.0693. The van der Waals surface area contributed by atoms with Gasteiger partial charge in [0, 0.05) is 6.07 Å². The van der Waals surface area contributed by atoms with Gasteiger partial charge in [-0.25, -0.2) is 4.79 Å². The summed E-state index contributed by atoms with van der Waals surface area (Å²) in [4.78, 5) is 11.2. The van der Waals surface area contributed by atoms with E-state index >= 15 is 0 Å². The molecule has 2 aromatic rings. The van der Waals surface area contributed by atoms with Crippen molar-refractivity contribution in [1.29, 1.82) is 0 Å². The van der Waals surface area contributed by atoms with Gasteiger partial charge in [-0.2, -0.15) is 0 Å². The summed E-state index contributed by atoms with van der Waals surface area (Å²) in [5.74, 6) is -1.06. The molecule has 0 aromatic heterocycles. The average Bonchev–Trinajstić information content (AvgIpc) is 2.45. The van der Waals surface area contributed by atoms with Crippen molar-refractivity contribution in [3.8, 4) is 17.2 Å². The van der Waals surface area contributed by atoms with Crippen LogP contribution in [-0.2, 0) is 0 Å². The van der Waals surface area contributed by atoms with Crippen molar-refractivity contribution in [3.63, 3.8) is 0 Å². The first-order chi connectivity index (χ1) is 10.0. The summed E-state index contributed by atoms with van der Waals surface area (Å²) in [6, 6.07) is 9.21. The van der Waals surface area contributed by atoms with Gasteiger partial charge in [-0.3, -0.25) is 0 Å². The number of carboxylic acids is 1. The normalized spacial score (nSPS) is 10.7. The molecule has 0 heterocycles. The molecule has 0 radical (unpaired) electrons. The molecule has 21 heavy (non-hydrogen) atoms. The molecule has 0 aliphatic heterocycles. The van der Waals surface area contributed by atoms with Crippen LogP contribution in [0.25, 0.3) is 12.2 Å². The second-order valence-electron chi connectivity index (χ2n) is 4.34. The van der Waals surface area contributed by atoms with Crippen molar-refractivity contribution in [2.45, 2.75) is 0 Å². The van der Waals surface area contributed by atoms with Crippen LogP contribution in [-0.4, -0.2) is 28.4 Å². The van der Waals surface area contributed by atoms with Crippen LogP contribution in [0.15, 0.2) is 36.4 Å². The Morgan fingerprint density at radius 2 is 1.76 bits per heavy atom. The first-order valence-electron chi connectivity index (χ1n) is 6.12. The van der Waals surface area contributed by atoms with Crippen LogP contribution in [0, 0.1) is 0 Å². The Kier molecular flexibility index (Phi) is 4.13. The van der Waals surface area contributed by atoms with Crippen molar-refractivity contribution in [3.05, 3.63) is 53.1 Å². The van der Waals surface area contributed by atoms with Gasteiger partial charge >= 0.3 is 5.97 Å². The third-order valence-corrected chi connectivity index (χ3v) is 2.92. The molecule has 0 fully saturated rings. The van der Waals surface area contributed by atoms with Gasteiger partial charge in [0.2, 0.25) is 0 Å². The third kappa shape index (κ3) is 3.33. The zero-order chi connectivity index (χ0) is 15.4. The van der Waals surface area contributed by atoms with Crippen molar-refractivity contribution >= 4 is 18.1 Å².